The molecule has 0 radical (unpaired) electrons. The number of carbonyl (C=O) groups excluding carboxylic acids is 2. The fraction of sp³-hybridized carbons (Fsp3) is 0.333. The first kappa shape index (κ1) is 18.8. The Morgan fingerprint density at radius 3 is 2.62 bits per heavy atom. The maximum absolute atomic E-state index is 12.7. The first-order valence-electron chi connectivity index (χ1n) is 8.41. The molecule has 3 N–H and O–H groups in total. The SMILES string of the molecule is O=C(CC(Cc1ccsc1)B(O)O)[C@@]1(O)CCN(c2ccccc2)C1=O. The maximum Gasteiger partial charge on any atom is 0.455 e. The summed E-state index contributed by atoms with van der Waals surface area (Å²) in [5.74, 6) is -2.11. The van der Waals surface area contributed by atoms with Crippen molar-refractivity contribution in [1.82, 2.24) is 0 Å². The second-order valence-corrected chi connectivity index (χ2v) is 7.32. The van der Waals surface area contributed by atoms with E-state index in [2.05, 4.69) is 0 Å². The number of Topliss-reactive ketones (excluding diaryl/α,β-unsaturated/α-hetero) is 1. The van der Waals surface area contributed by atoms with Crippen molar-refractivity contribution in [3.8, 4) is 0 Å². The molecule has 26 heavy (non-hydrogen) atoms. The molecule has 0 saturated carbocycles. The van der Waals surface area contributed by atoms with Crippen molar-refractivity contribution < 1.29 is 24.7 Å². The molecule has 136 valence electrons. The number of rotatable bonds is 7. The van der Waals surface area contributed by atoms with Crippen LogP contribution in [0, 0.1) is 0 Å². The molecule has 2 heterocycles. The molecule has 3 rings (SSSR count). The topological polar surface area (TPSA) is 98.1 Å². The van der Waals surface area contributed by atoms with Crippen molar-refractivity contribution in [1.29, 1.82) is 0 Å². The number of amides is 1. The minimum Gasteiger partial charge on any atom is -0.427 e. The number of carbonyl (C=O) groups is 2. The van der Waals surface area contributed by atoms with Gasteiger partial charge in [-0.25, -0.2) is 0 Å². The summed E-state index contributed by atoms with van der Waals surface area (Å²) >= 11 is 1.48. The molecule has 1 aromatic heterocycles. The number of hydrogen-bond acceptors (Lipinski definition) is 6. The number of aliphatic hydroxyl groups is 1. The van der Waals surface area contributed by atoms with Crippen LogP contribution in [0.3, 0.4) is 0 Å². The lowest BCUT2D eigenvalue weighted by Crippen LogP contribution is -2.47. The van der Waals surface area contributed by atoms with E-state index in [1.54, 1.807) is 24.3 Å². The molecular formula is C18H20BNO5S. The van der Waals surface area contributed by atoms with Gasteiger partial charge in [0, 0.05) is 30.9 Å². The zero-order valence-electron chi connectivity index (χ0n) is 14.1. The highest BCUT2D eigenvalue weighted by molar-refractivity contribution is 7.07. The molecule has 1 amide bonds. The Morgan fingerprint density at radius 1 is 1.27 bits per heavy atom. The van der Waals surface area contributed by atoms with Gasteiger partial charge < -0.3 is 20.1 Å². The van der Waals surface area contributed by atoms with Crippen LogP contribution in [0.2, 0.25) is 5.82 Å². The molecule has 6 nitrogen and oxygen atoms in total. The second kappa shape index (κ2) is 7.71. The van der Waals surface area contributed by atoms with E-state index in [9.17, 15) is 24.7 Å². The van der Waals surface area contributed by atoms with Crippen molar-refractivity contribution in [2.45, 2.75) is 30.7 Å². The zero-order valence-corrected chi connectivity index (χ0v) is 14.9. The van der Waals surface area contributed by atoms with E-state index < -0.39 is 30.2 Å². The van der Waals surface area contributed by atoms with Gasteiger partial charge in [-0.3, -0.25) is 9.59 Å². The molecule has 1 unspecified atom stereocenters. The van der Waals surface area contributed by atoms with Crippen LogP contribution < -0.4 is 4.90 Å². The summed E-state index contributed by atoms with van der Waals surface area (Å²) in [6.07, 6.45) is 0.00418. The van der Waals surface area contributed by atoms with Gasteiger partial charge >= 0.3 is 7.12 Å². The molecule has 1 aromatic carbocycles. The minimum absolute atomic E-state index is 0.00768. The summed E-state index contributed by atoms with van der Waals surface area (Å²) < 4.78 is 0. The summed E-state index contributed by atoms with van der Waals surface area (Å²) in [4.78, 5) is 26.7. The van der Waals surface area contributed by atoms with E-state index >= 15 is 0 Å². The van der Waals surface area contributed by atoms with Crippen LogP contribution in [0.25, 0.3) is 0 Å². The van der Waals surface area contributed by atoms with Crippen LogP contribution in [0.4, 0.5) is 5.69 Å². The highest BCUT2D eigenvalue weighted by Gasteiger charge is 2.51. The molecule has 0 aliphatic carbocycles. The average Bonchev–Trinajstić information content (AvgIpc) is 3.24. The Morgan fingerprint density at radius 2 is 2.00 bits per heavy atom. The van der Waals surface area contributed by atoms with E-state index in [0.717, 1.165) is 5.56 Å². The summed E-state index contributed by atoms with van der Waals surface area (Å²) in [6, 6.07) is 10.7. The number of anilines is 1. The number of para-hydroxylation sites is 1. The second-order valence-electron chi connectivity index (χ2n) is 6.54. The Balaban J connectivity index is 1.72. The van der Waals surface area contributed by atoms with Crippen molar-refractivity contribution in [3.05, 3.63) is 52.7 Å². The largest absolute Gasteiger partial charge is 0.455 e. The fourth-order valence-corrected chi connectivity index (χ4v) is 3.90. The van der Waals surface area contributed by atoms with Crippen molar-refractivity contribution >= 4 is 35.8 Å². The van der Waals surface area contributed by atoms with Gasteiger partial charge in [0.2, 0.25) is 5.60 Å². The van der Waals surface area contributed by atoms with Crippen LogP contribution in [0.5, 0.6) is 0 Å². The molecule has 1 fully saturated rings. The van der Waals surface area contributed by atoms with Crippen LogP contribution >= 0.6 is 11.3 Å². The van der Waals surface area contributed by atoms with E-state index in [0.29, 0.717) is 12.1 Å². The van der Waals surface area contributed by atoms with Crippen LogP contribution in [0.15, 0.2) is 47.2 Å². The quantitative estimate of drug-likeness (QED) is 0.502. The molecule has 1 aliphatic rings. The molecule has 0 bridgehead atoms. The van der Waals surface area contributed by atoms with Gasteiger partial charge in [-0.1, -0.05) is 18.2 Å². The number of hydrogen-bond donors (Lipinski definition) is 3. The molecule has 1 saturated heterocycles. The molecule has 1 aliphatic heterocycles. The highest BCUT2D eigenvalue weighted by atomic mass is 32.1. The average molecular weight is 373 g/mol. The van der Waals surface area contributed by atoms with Crippen LogP contribution in [-0.2, 0) is 16.0 Å². The summed E-state index contributed by atoms with van der Waals surface area (Å²) in [5.41, 5.74) is -0.604. The Kier molecular flexibility index (Phi) is 5.57. The lowest BCUT2D eigenvalue weighted by molar-refractivity contribution is -0.147. The van der Waals surface area contributed by atoms with E-state index in [1.165, 1.54) is 16.2 Å². The van der Waals surface area contributed by atoms with Crippen molar-refractivity contribution in [3.63, 3.8) is 0 Å². The number of nitrogens with zero attached hydrogens (tertiary/aromatic N) is 1. The summed E-state index contributed by atoms with van der Waals surface area (Å²) in [6.45, 7) is 0.238. The van der Waals surface area contributed by atoms with Crippen molar-refractivity contribution in [2.24, 2.45) is 0 Å². The monoisotopic (exact) mass is 373 g/mol. The molecule has 2 aromatic rings. The Labute approximate surface area is 155 Å². The van der Waals surface area contributed by atoms with Gasteiger partial charge in [-0.15, -0.1) is 0 Å². The van der Waals surface area contributed by atoms with Gasteiger partial charge in [0.1, 0.15) is 0 Å². The first-order chi connectivity index (χ1) is 12.4. The van der Waals surface area contributed by atoms with E-state index in [-0.39, 0.29) is 19.4 Å². The van der Waals surface area contributed by atoms with Crippen molar-refractivity contribution in [2.75, 3.05) is 11.4 Å². The highest BCUT2D eigenvalue weighted by Crippen LogP contribution is 2.32. The normalized spacial score (nSPS) is 21.0. The standard InChI is InChI=1S/C18H20BNO5S/c21-16(11-14(19(24)25)10-13-6-9-26-12-13)18(23)7-8-20(17(18)22)15-4-2-1-3-5-15/h1-6,9,12,14,23-25H,7-8,10-11H2/t14?,18-/m0/s1. The smallest absolute Gasteiger partial charge is 0.427 e. The summed E-state index contributed by atoms with van der Waals surface area (Å²) in [7, 11) is -1.70. The predicted molar refractivity (Wildman–Crippen MR) is 100.0 cm³/mol. The lowest BCUT2D eigenvalue weighted by atomic mass is 9.66. The Hall–Kier alpha value is -2.00. The van der Waals surface area contributed by atoms with Gasteiger partial charge in [0.25, 0.3) is 5.91 Å². The lowest BCUT2D eigenvalue weighted by Gasteiger charge is -2.23. The van der Waals surface area contributed by atoms with Crippen LogP contribution in [-0.4, -0.2) is 46.1 Å². The molecule has 2 atom stereocenters. The zero-order chi connectivity index (χ0) is 18.7. The minimum atomic E-state index is -2.11. The van der Waals surface area contributed by atoms with Gasteiger partial charge in [-0.2, -0.15) is 11.3 Å². The molecule has 8 heteroatoms. The number of ketones is 1. The first-order valence-corrected chi connectivity index (χ1v) is 9.36. The van der Waals surface area contributed by atoms with E-state index in [1.807, 2.05) is 22.9 Å². The van der Waals surface area contributed by atoms with E-state index in [4.69, 9.17) is 0 Å². The third-order valence-corrected chi connectivity index (χ3v) is 5.50. The van der Waals surface area contributed by atoms with Crippen LogP contribution in [0.1, 0.15) is 18.4 Å². The fourth-order valence-electron chi connectivity index (χ4n) is 3.22. The molecule has 0 spiro atoms. The number of thiophene rings is 1. The van der Waals surface area contributed by atoms with Gasteiger partial charge in [-0.05, 0) is 40.9 Å². The molecular weight excluding hydrogens is 353 g/mol. The van der Waals surface area contributed by atoms with Gasteiger partial charge in [0.15, 0.2) is 5.78 Å². The Bertz CT molecular complexity index is 767. The third kappa shape index (κ3) is 3.73. The third-order valence-electron chi connectivity index (χ3n) is 4.77. The predicted octanol–water partition coefficient (Wildman–Crippen LogP) is 1.26. The maximum atomic E-state index is 12.7. The number of benzene rings is 1. The summed E-state index contributed by atoms with van der Waals surface area (Å²) in [5, 5.41) is 33.7. The van der Waals surface area contributed by atoms with Gasteiger partial charge in [0.05, 0.1) is 0 Å².